The number of allylic oxidation sites excluding steroid dienone is 1. The van der Waals surface area contributed by atoms with Crippen molar-refractivity contribution in [2.24, 2.45) is 5.92 Å². The molecule has 3 aromatic rings. The molecule has 2 aromatic heterocycles. The third kappa shape index (κ3) is 5.91. The van der Waals surface area contributed by atoms with Gasteiger partial charge in [-0.15, -0.1) is 0 Å². The Kier molecular flexibility index (Phi) is 8.11. The lowest BCUT2D eigenvalue weighted by Crippen LogP contribution is -2.42. The van der Waals surface area contributed by atoms with Gasteiger partial charge in [0.05, 0.1) is 19.0 Å². The minimum absolute atomic E-state index is 0.0257. The summed E-state index contributed by atoms with van der Waals surface area (Å²) in [6.45, 7) is 4.93. The van der Waals surface area contributed by atoms with Gasteiger partial charge in [0.1, 0.15) is 17.3 Å². The molecule has 1 unspecified atom stereocenters. The molecule has 2 heterocycles. The van der Waals surface area contributed by atoms with Crippen LogP contribution < -0.4 is 10.3 Å². The summed E-state index contributed by atoms with van der Waals surface area (Å²) < 4.78 is 29.1. The number of imidazole rings is 1. The zero-order valence-corrected chi connectivity index (χ0v) is 22.8. The maximum absolute atomic E-state index is 14.2. The molecule has 14 heteroatoms. The third-order valence-electron chi connectivity index (χ3n) is 5.96. The van der Waals surface area contributed by atoms with Gasteiger partial charge in [0, 0.05) is 17.0 Å². The van der Waals surface area contributed by atoms with E-state index in [4.69, 9.17) is 38.0 Å². The van der Waals surface area contributed by atoms with Gasteiger partial charge < -0.3 is 19.9 Å². The van der Waals surface area contributed by atoms with Crippen molar-refractivity contribution in [1.29, 1.82) is 0 Å². The van der Waals surface area contributed by atoms with Crippen LogP contribution >= 0.6 is 30.9 Å². The molecule has 0 spiro atoms. The molecule has 0 bridgehead atoms. The second-order valence-corrected chi connectivity index (χ2v) is 11.6. The smallest absolute Gasteiger partial charge is 0.462 e. The van der Waals surface area contributed by atoms with Crippen molar-refractivity contribution in [2.75, 3.05) is 12.3 Å². The van der Waals surface area contributed by atoms with E-state index in [1.165, 1.54) is 11.6 Å². The van der Waals surface area contributed by atoms with E-state index in [1.54, 1.807) is 44.4 Å². The number of benzene rings is 1. The largest absolute Gasteiger partial charge is 0.480 e. The first kappa shape index (κ1) is 27.3. The lowest BCUT2D eigenvalue weighted by molar-refractivity contribution is -0.141. The highest BCUT2D eigenvalue weighted by atomic mass is 35.5. The van der Waals surface area contributed by atoms with E-state index in [9.17, 15) is 14.5 Å². The number of hydrogen-bond acceptors (Lipinski definition) is 8. The number of aromatic nitrogens is 4. The van der Waals surface area contributed by atoms with Crippen molar-refractivity contribution in [3.05, 3.63) is 52.9 Å². The molecule has 1 aromatic carbocycles. The fourth-order valence-corrected chi connectivity index (χ4v) is 6.72. The van der Waals surface area contributed by atoms with Gasteiger partial charge >= 0.3 is 13.7 Å². The summed E-state index contributed by atoms with van der Waals surface area (Å²) in [5.74, 6) is -1.00. The van der Waals surface area contributed by atoms with Crippen molar-refractivity contribution in [3.8, 4) is 5.75 Å². The molecule has 37 heavy (non-hydrogen) atoms. The highest BCUT2D eigenvalue weighted by molar-refractivity contribution is 7.51. The number of nitrogens with two attached hydrogens (primary N) is 1. The van der Waals surface area contributed by atoms with Crippen LogP contribution in [-0.2, 0) is 13.9 Å². The van der Waals surface area contributed by atoms with Crippen LogP contribution in [0.2, 0.25) is 10.2 Å². The van der Waals surface area contributed by atoms with Gasteiger partial charge in [-0.2, -0.15) is 14.6 Å². The number of nitrogens with zero attached hydrogens (tertiary/aromatic N) is 5. The van der Waals surface area contributed by atoms with Gasteiger partial charge in [0.15, 0.2) is 10.8 Å². The Balaban J connectivity index is 1.54. The summed E-state index contributed by atoms with van der Waals surface area (Å²) in [6, 6.07) is 4.57. The van der Waals surface area contributed by atoms with Crippen molar-refractivity contribution in [2.45, 2.75) is 45.3 Å². The highest BCUT2D eigenvalue weighted by Gasteiger charge is 2.44. The number of fused-ring (bicyclic) bond motifs is 1. The molecule has 1 aliphatic carbocycles. The van der Waals surface area contributed by atoms with Gasteiger partial charge in [-0.25, -0.2) is 9.55 Å². The van der Waals surface area contributed by atoms with Gasteiger partial charge in [-0.3, -0.25) is 9.32 Å². The van der Waals surface area contributed by atoms with E-state index in [2.05, 4.69) is 15.0 Å². The number of halogens is 2. The van der Waals surface area contributed by atoms with Crippen LogP contribution in [0, 0.1) is 5.92 Å². The average molecular weight is 569 g/mol. The van der Waals surface area contributed by atoms with Crippen LogP contribution in [0.1, 0.15) is 33.2 Å². The van der Waals surface area contributed by atoms with Crippen molar-refractivity contribution >= 4 is 54.0 Å². The fourth-order valence-electron chi connectivity index (χ4n) is 4.24. The summed E-state index contributed by atoms with van der Waals surface area (Å²) >= 11 is 12.1. The number of aliphatic carboxylic acids is 1. The molecule has 0 amide bonds. The molecule has 198 valence electrons. The van der Waals surface area contributed by atoms with Crippen LogP contribution in [-0.4, -0.2) is 54.0 Å². The summed E-state index contributed by atoms with van der Waals surface area (Å²) in [6.07, 6.45) is 6.11. The van der Waals surface area contributed by atoms with Crippen molar-refractivity contribution in [1.82, 2.24) is 24.2 Å². The first-order valence-electron chi connectivity index (χ1n) is 11.5. The second-order valence-electron chi connectivity index (χ2n) is 8.94. The normalized spacial score (nSPS) is 20.0. The number of rotatable bonds is 10. The van der Waals surface area contributed by atoms with Gasteiger partial charge in [-0.1, -0.05) is 35.4 Å². The first-order chi connectivity index (χ1) is 17.5. The fraction of sp³-hybridized carbons (Fsp3) is 0.391. The Labute approximate surface area is 223 Å². The van der Waals surface area contributed by atoms with E-state index in [-0.39, 0.29) is 35.4 Å². The van der Waals surface area contributed by atoms with Crippen LogP contribution in [0.5, 0.6) is 5.75 Å². The Bertz CT molecular complexity index is 1370. The molecule has 0 aliphatic heterocycles. The summed E-state index contributed by atoms with van der Waals surface area (Å²) in [7, 11) is -4.12. The number of carboxylic acids is 1. The van der Waals surface area contributed by atoms with Crippen LogP contribution in [0.3, 0.4) is 0 Å². The molecule has 4 atom stereocenters. The Morgan fingerprint density at radius 2 is 1.95 bits per heavy atom. The molecule has 4 rings (SSSR count). The van der Waals surface area contributed by atoms with Gasteiger partial charge in [0.2, 0.25) is 5.95 Å². The predicted molar refractivity (Wildman–Crippen MR) is 141 cm³/mol. The zero-order valence-electron chi connectivity index (χ0n) is 20.4. The molecule has 0 saturated carbocycles. The lowest BCUT2D eigenvalue weighted by Gasteiger charge is -2.35. The maximum Gasteiger partial charge on any atom is 0.462 e. The van der Waals surface area contributed by atoms with Gasteiger partial charge in [0.25, 0.3) is 0 Å². The number of hydrogen-bond donors (Lipinski definition) is 2. The molecule has 0 saturated heterocycles. The maximum atomic E-state index is 14.2. The Hall–Kier alpha value is -2.69. The average Bonchev–Trinajstić information content (AvgIpc) is 3.46. The minimum atomic E-state index is -4.12. The zero-order chi connectivity index (χ0) is 26.9. The summed E-state index contributed by atoms with van der Waals surface area (Å²) in [4.78, 5) is 24.3. The molecule has 0 radical (unpaired) electrons. The second kappa shape index (κ2) is 11.0. The SMILES string of the molecule is CC(C)N([C@@H](C)C(=O)O)P(=O)(OC[C@@H]1C=C[C@H](n2cnc3c(Cl)nc(N)nc32)C1)Oc1ccc(Cl)cc1. The molecular weight excluding hydrogens is 542 g/mol. The van der Waals surface area contributed by atoms with E-state index in [0.29, 0.717) is 22.6 Å². The third-order valence-corrected chi connectivity index (χ3v) is 8.76. The van der Waals surface area contributed by atoms with Crippen molar-refractivity contribution < 1.29 is 23.5 Å². The quantitative estimate of drug-likeness (QED) is 0.189. The summed E-state index contributed by atoms with van der Waals surface area (Å²) in [5.41, 5.74) is 6.71. The number of anilines is 1. The number of carbonyl (C=O) groups is 1. The summed E-state index contributed by atoms with van der Waals surface area (Å²) in [5, 5.41) is 10.3. The van der Waals surface area contributed by atoms with E-state index in [0.717, 1.165) is 0 Å². The van der Waals surface area contributed by atoms with Crippen LogP contribution in [0.15, 0.2) is 42.7 Å². The van der Waals surface area contributed by atoms with Crippen LogP contribution in [0.25, 0.3) is 11.2 Å². The lowest BCUT2D eigenvalue weighted by atomic mass is 10.1. The number of carboxylic acid groups (broad SMARTS) is 1. The Morgan fingerprint density at radius 3 is 2.59 bits per heavy atom. The number of nitrogen functional groups attached to an aromatic ring is 1. The van der Waals surface area contributed by atoms with E-state index < -0.39 is 25.8 Å². The molecule has 1 aliphatic rings. The van der Waals surface area contributed by atoms with Crippen molar-refractivity contribution in [3.63, 3.8) is 0 Å². The molecular formula is C23H27Cl2N6O5P. The molecule has 0 fully saturated rings. The standard InChI is InChI=1S/C23H27Cl2N6O5P/c1-13(2)31(14(3)22(32)33)37(34,36-18-8-5-16(24)6-9-18)35-11-15-4-7-17(10-15)30-12-27-19-20(25)28-23(26)29-21(19)30/h4-9,12-15,17H,10-11H2,1-3H3,(H,32,33)(H2,26,28,29)/t14-,15+,17-,37?/m0/s1. The first-order valence-corrected chi connectivity index (χ1v) is 13.8. The predicted octanol–water partition coefficient (Wildman–Crippen LogP) is 5.22. The Morgan fingerprint density at radius 1 is 1.24 bits per heavy atom. The molecule has 3 N–H and O–H groups in total. The highest BCUT2D eigenvalue weighted by Crippen LogP contribution is 2.55. The van der Waals surface area contributed by atoms with E-state index in [1.807, 2.05) is 16.7 Å². The topological polar surface area (TPSA) is 146 Å². The molecule has 11 nitrogen and oxygen atoms in total. The minimum Gasteiger partial charge on any atom is -0.480 e. The van der Waals surface area contributed by atoms with Crippen LogP contribution in [0.4, 0.5) is 5.95 Å². The van der Waals surface area contributed by atoms with E-state index >= 15 is 0 Å². The monoisotopic (exact) mass is 568 g/mol. The van der Waals surface area contributed by atoms with Gasteiger partial charge in [-0.05, 0) is 51.5 Å².